The molecule has 0 saturated carbocycles. The summed E-state index contributed by atoms with van der Waals surface area (Å²) in [6.45, 7) is 0. The van der Waals surface area contributed by atoms with E-state index in [0.29, 0.717) is 11.3 Å². The molecule has 8 nitrogen and oxygen atoms in total. The van der Waals surface area contributed by atoms with Gasteiger partial charge in [0.1, 0.15) is 11.5 Å². The summed E-state index contributed by atoms with van der Waals surface area (Å²) in [5.41, 5.74) is 0.394. The van der Waals surface area contributed by atoms with E-state index in [1.54, 1.807) is 0 Å². The molecule has 1 heterocycles. The zero-order valence-electron chi connectivity index (χ0n) is 13.1. The van der Waals surface area contributed by atoms with Crippen LogP contribution in [-0.2, 0) is 14.4 Å². The maximum atomic E-state index is 12.2. The fraction of sp³-hybridized carbons (Fsp3) is 0.333. The average molecular weight is 354 g/mol. The van der Waals surface area contributed by atoms with Gasteiger partial charge in [0.15, 0.2) is 6.04 Å². The van der Waals surface area contributed by atoms with Crippen LogP contribution in [0.2, 0.25) is 5.02 Å². The summed E-state index contributed by atoms with van der Waals surface area (Å²) in [4.78, 5) is 35.1. The molecule has 1 aliphatic rings. The van der Waals surface area contributed by atoms with E-state index >= 15 is 0 Å². The molecular weight excluding hydrogens is 338 g/mol. The van der Waals surface area contributed by atoms with E-state index in [4.69, 9.17) is 16.3 Å². The molecule has 1 aromatic carbocycles. The molecule has 0 bridgehead atoms. The topological polar surface area (TPSA) is 108 Å². The smallest absolute Gasteiger partial charge is 0.330 e. The predicted octanol–water partition coefficient (Wildman–Crippen LogP) is 1.20. The second-order valence-electron chi connectivity index (χ2n) is 5.10. The minimum atomic E-state index is -1.30. The van der Waals surface area contributed by atoms with Gasteiger partial charge < -0.3 is 15.2 Å². The summed E-state index contributed by atoms with van der Waals surface area (Å²) in [5.74, 6) is -1.70. The second kappa shape index (κ2) is 7.31. The average Bonchev–Trinajstić information content (AvgIpc) is 2.54. The quantitative estimate of drug-likeness (QED) is 0.826. The molecule has 2 N–H and O–H groups in total. The Bertz CT molecular complexity index is 719. The van der Waals surface area contributed by atoms with Gasteiger partial charge in [-0.25, -0.2) is 9.80 Å². The molecule has 0 fully saturated rings. The molecule has 0 spiro atoms. The first-order valence-corrected chi connectivity index (χ1v) is 7.42. The monoisotopic (exact) mass is 353 g/mol. The van der Waals surface area contributed by atoms with Crippen molar-refractivity contribution in [2.75, 3.05) is 14.2 Å². The second-order valence-corrected chi connectivity index (χ2v) is 5.51. The van der Waals surface area contributed by atoms with Gasteiger partial charge >= 0.3 is 5.97 Å². The maximum Gasteiger partial charge on any atom is 0.330 e. The van der Waals surface area contributed by atoms with Crippen molar-refractivity contribution in [3.8, 4) is 5.75 Å². The number of nitrogens with one attached hydrogen (secondary N) is 1. The lowest BCUT2D eigenvalue weighted by Crippen LogP contribution is -2.41. The van der Waals surface area contributed by atoms with E-state index < -0.39 is 17.9 Å². The summed E-state index contributed by atoms with van der Waals surface area (Å²) < 4.78 is 5.02. The van der Waals surface area contributed by atoms with Gasteiger partial charge in [0.25, 0.3) is 5.91 Å². The van der Waals surface area contributed by atoms with Crippen molar-refractivity contribution in [3.63, 3.8) is 0 Å². The fourth-order valence-electron chi connectivity index (χ4n) is 2.20. The van der Waals surface area contributed by atoms with E-state index in [9.17, 15) is 19.5 Å². The molecule has 0 saturated heterocycles. The van der Waals surface area contributed by atoms with Gasteiger partial charge in [0.2, 0.25) is 5.91 Å². The van der Waals surface area contributed by atoms with Crippen molar-refractivity contribution in [2.24, 2.45) is 5.10 Å². The summed E-state index contributed by atoms with van der Waals surface area (Å²) in [6.07, 6.45) is 0.305. The molecule has 1 aliphatic heterocycles. The van der Waals surface area contributed by atoms with Gasteiger partial charge in [-0.1, -0.05) is 17.7 Å². The standard InChI is InChI=1S/C15H16ClN3O5/c1-19-12(20)6-4-10(18-19)14(21)17-13(15(22)23)8-3-5-11(24-2)9(16)7-8/h3,5,7,13H,4,6H2,1-2H3,(H,17,21)(H,22,23). The third-order valence-electron chi connectivity index (χ3n) is 3.50. The van der Waals surface area contributed by atoms with Crippen molar-refractivity contribution >= 4 is 35.1 Å². The first-order chi connectivity index (χ1) is 11.3. The Balaban J connectivity index is 2.21. The number of ether oxygens (including phenoxy) is 1. The van der Waals surface area contributed by atoms with Gasteiger partial charge in [-0.3, -0.25) is 9.59 Å². The molecule has 128 valence electrons. The van der Waals surface area contributed by atoms with E-state index in [-0.39, 0.29) is 29.5 Å². The van der Waals surface area contributed by atoms with Crippen LogP contribution in [-0.4, -0.2) is 47.8 Å². The van der Waals surface area contributed by atoms with Crippen LogP contribution in [0.4, 0.5) is 0 Å². The van der Waals surface area contributed by atoms with Crippen LogP contribution in [0.3, 0.4) is 0 Å². The van der Waals surface area contributed by atoms with Crippen LogP contribution in [0.15, 0.2) is 23.3 Å². The van der Waals surface area contributed by atoms with E-state index in [1.807, 2.05) is 0 Å². The summed E-state index contributed by atoms with van der Waals surface area (Å²) >= 11 is 6.00. The van der Waals surface area contributed by atoms with Crippen molar-refractivity contribution in [3.05, 3.63) is 28.8 Å². The largest absolute Gasteiger partial charge is 0.495 e. The highest BCUT2D eigenvalue weighted by atomic mass is 35.5. The molecule has 24 heavy (non-hydrogen) atoms. The lowest BCUT2D eigenvalue weighted by molar-refractivity contribution is -0.141. The third kappa shape index (κ3) is 3.83. The Morgan fingerprint density at radius 2 is 2.12 bits per heavy atom. The fourth-order valence-corrected chi connectivity index (χ4v) is 2.46. The number of rotatable bonds is 5. The van der Waals surface area contributed by atoms with Gasteiger partial charge in [0.05, 0.1) is 12.1 Å². The van der Waals surface area contributed by atoms with Crippen LogP contribution < -0.4 is 10.1 Å². The van der Waals surface area contributed by atoms with Crippen LogP contribution in [0.25, 0.3) is 0 Å². The highest BCUT2D eigenvalue weighted by Gasteiger charge is 2.27. The van der Waals surface area contributed by atoms with Gasteiger partial charge in [-0.2, -0.15) is 5.10 Å². The number of carbonyl (C=O) groups excluding carboxylic acids is 2. The highest BCUT2D eigenvalue weighted by molar-refractivity contribution is 6.39. The van der Waals surface area contributed by atoms with Crippen molar-refractivity contribution in [1.29, 1.82) is 0 Å². The maximum absolute atomic E-state index is 12.2. The Labute approximate surface area is 143 Å². The molecule has 9 heteroatoms. The Morgan fingerprint density at radius 3 is 2.67 bits per heavy atom. The summed E-state index contributed by atoms with van der Waals surface area (Å²) in [5, 5.41) is 17.0. The number of hydrogen-bond acceptors (Lipinski definition) is 5. The molecular formula is C15H16ClN3O5. The number of carboxylic acids is 1. The third-order valence-corrected chi connectivity index (χ3v) is 3.80. The molecule has 1 unspecified atom stereocenters. The minimum absolute atomic E-state index is 0.1000. The Hall–Kier alpha value is -2.61. The normalized spacial score (nSPS) is 15.5. The van der Waals surface area contributed by atoms with Crippen molar-refractivity contribution in [2.45, 2.75) is 18.9 Å². The van der Waals surface area contributed by atoms with E-state index in [1.165, 1.54) is 32.4 Å². The number of hydrogen-bond donors (Lipinski definition) is 2. The minimum Gasteiger partial charge on any atom is -0.495 e. The molecule has 0 aliphatic carbocycles. The number of amides is 2. The summed E-state index contributed by atoms with van der Waals surface area (Å²) in [6, 6.07) is 3.14. The zero-order valence-corrected chi connectivity index (χ0v) is 13.8. The SMILES string of the molecule is COc1ccc(C(NC(=O)C2=NN(C)C(=O)CC2)C(=O)O)cc1Cl. The predicted molar refractivity (Wildman–Crippen MR) is 86.0 cm³/mol. The Morgan fingerprint density at radius 1 is 1.42 bits per heavy atom. The molecule has 1 aromatic rings. The number of halogens is 1. The Kier molecular flexibility index (Phi) is 5.40. The van der Waals surface area contributed by atoms with Crippen molar-refractivity contribution in [1.82, 2.24) is 10.3 Å². The molecule has 0 radical (unpaired) electrons. The molecule has 1 atom stereocenters. The van der Waals surface area contributed by atoms with Crippen LogP contribution in [0.5, 0.6) is 5.75 Å². The van der Waals surface area contributed by atoms with E-state index in [2.05, 4.69) is 10.4 Å². The van der Waals surface area contributed by atoms with Crippen LogP contribution in [0.1, 0.15) is 24.4 Å². The van der Waals surface area contributed by atoms with Gasteiger partial charge in [-0.15, -0.1) is 0 Å². The van der Waals surface area contributed by atoms with Gasteiger partial charge in [0, 0.05) is 19.9 Å². The number of methoxy groups -OCH3 is 1. The summed E-state index contributed by atoms with van der Waals surface area (Å²) in [7, 11) is 2.88. The van der Waals surface area contributed by atoms with E-state index in [0.717, 1.165) is 5.01 Å². The van der Waals surface area contributed by atoms with Crippen molar-refractivity contribution < 1.29 is 24.2 Å². The highest BCUT2D eigenvalue weighted by Crippen LogP contribution is 2.27. The molecule has 0 aromatic heterocycles. The number of nitrogens with zero attached hydrogens (tertiary/aromatic N) is 2. The van der Waals surface area contributed by atoms with Crippen LogP contribution in [0, 0.1) is 0 Å². The lowest BCUT2D eigenvalue weighted by Gasteiger charge is -2.21. The lowest BCUT2D eigenvalue weighted by atomic mass is 10.1. The first-order valence-electron chi connectivity index (χ1n) is 7.04. The molecule has 2 rings (SSSR count). The zero-order chi connectivity index (χ0) is 17.9. The molecule has 2 amide bonds. The first kappa shape index (κ1) is 17.7. The van der Waals surface area contributed by atoms with Crippen LogP contribution >= 0.6 is 11.6 Å². The number of carbonyl (C=O) groups is 3. The number of aliphatic carboxylic acids is 1. The number of carboxylic acid groups (broad SMARTS) is 1. The van der Waals surface area contributed by atoms with Gasteiger partial charge in [-0.05, 0) is 17.7 Å². The number of benzene rings is 1. The number of hydrazone groups is 1.